The molecule has 0 spiro atoms. The number of hydrogen-bond acceptors (Lipinski definition) is 7. The van der Waals surface area contributed by atoms with E-state index in [-0.39, 0.29) is 43.1 Å². The van der Waals surface area contributed by atoms with Crippen LogP contribution in [0.2, 0.25) is 0 Å². The normalized spacial score (nSPS) is 21.5. The molecule has 11 heteroatoms. The fraction of sp³-hybridized carbons (Fsp3) is 0.433. The lowest BCUT2D eigenvalue weighted by atomic mass is 9.74. The zero-order valence-corrected chi connectivity index (χ0v) is 23.0. The standard InChI is InChI=1S/C30H28F2N2O6S/c31-30(32)9-7-29(8-10-30,26(35)16-28(18-33)5-6-28)34-27(36)25-15-21-3-1-20(14-24(21)40-25)19-2-4-22-17-41(37,38)12-11-39-23(22)13-19/h1-4,13-15H,5-12,16-17H2,(H,34,36). The number of ketones is 1. The molecule has 3 aromatic rings. The summed E-state index contributed by atoms with van der Waals surface area (Å²) in [4.78, 5) is 26.7. The van der Waals surface area contributed by atoms with Gasteiger partial charge in [0.15, 0.2) is 21.4 Å². The molecule has 6 rings (SSSR count). The van der Waals surface area contributed by atoms with E-state index in [0.717, 1.165) is 11.1 Å². The van der Waals surface area contributed by atoms with Gasteiger partial charge in [0.2, 0.25) is 5.92 Å². The highest BCUT2D eigenvalue weighted by atomic mass is 32.2. The number of ether oxygens (including phenoxy) is 1. The zero-order chi connectivity index (χ0) is 29.0. The molecule has 2 aliphatic carbocycles. The molecule has 0 unspecified atom stereocenters. The molecule has 41 heavy (non-hydrogen) atoms. The van der Waals surface area contributed by atoms with E-state index in [1.807, 2.05) is 6.07 Å². The molecule has 0 radical (unpaired) electrons. The van der Waals surface area contributed by atoms with Crippen LogP contribution in [0.5, 0.6) is 5.75 Å². The van der Waals surface area contributed by atoms with Crippen LogP contribution in [-0.4, -0.2) is 43.9 Å². The molecule has 1 N–H and O–H groups in total. The Kier molecular flexibility index (Phi) is 6.45. The van der Waals surface area contributed by atoms with E-state index in [9.17, 15) is 32.0 Å². The molecule has 1 aliphatic heterocycles. The first kappa shape index (κ1) is 27.4. The fourth-order valence-corrected chi connectivity index (χ4v) is 6.84. The van der Waals surface area contributed by atoms with E-state index in [1.54, 1.807) is 30.3 Å². The molecule has 8 nitrogen and oxygen atoms in total. The molecular formula is C30H28F2N2O6S. The first-order valence-electron chi connectivity index (χ1n) is 13.6. The molecule has 2 fully saturated rings. The maximum Gasteiger partial charge on any atom is 0.287 e. The van der Waals surface area contributed by atoms with Gasteiger partial charge in [0, 0.05) is 30.2 Å². The van der Waals surface area contributed by atoms with Gasteiger partial charge in [-0.3, -0.25) is 9.59 Å². The summed E-state index contributed by atoms with van der Waals surface area (Å²) in [6.07, 6.45) is -0.393. The number of halogens is 2. The van der Waals surface area contributed by atoms with Crippen LogP contribution in [0.3, 0.4) is 0 Å². The van der Waals surface area contributed by atoms with Crippen molar-refractivity contribution < 1.29 is 35.9 Å². The van der Waals surface area contributed by atoms with Crippen LogP contribution >= 0.6 is 0 Å². The lowest BCUT2D eigenvalue weighted by molar-refractivity contribution is -0.131. The third-order valence-corrected chi connectivity index (χ3v) is 10.0. The van der Waals surface area contributed by atoms with Crippen LogP contribution in [0.25, 0.3) is 22.1 Å². The zero-order valence-electron chi connectivity index (χ0n) is 22.2. The predicted molar refractivity (Wildman–Crippen MR) is 145 cm³/mol. The van der Waals surface area contributed by atoms with E-state index in [4.69, 9.17) is 9.15 Å². The van der Waals surface area contributed by atoms with Gasteiger partial charge in [0.25, 0.3) is 5.91 Å². The summed E-state index contributed by atoms with van der Waals surface area (Å²) < 4.78 is 63.8. The monoisotopic (exact) mass is 582 g/mol. The molecule has 214 valence electrons. The highest BCUT2D eigenvalue weighted by Gasteiger charge is 2.53. The Balaban J connectivity index is 1.25. The summed E-state index contributed by atoms with van der Waals surface area (Å²) in [6, 6.07) is 14.3. The second kappa shape index (κ2) is 9.65. The minimum absolute atomic E-state index is 0.0469. The minimum Gasteiger partial charge on any atom is -0.492 e. The Hall–Kier alpha value is -3.78. The Morgan fingerprint density at radius 2 is 1.68 bits per heavy atom. The van der Waals surface area contributed by atoms with Crippen molar-refractivity contribution in [1.82, 2.24) is 5.32 Å². The van der Waals surface area contributed by atoms with E-state index in [1.165, 1.54) is 6.07 Å². The maximum absolute atomic E-state index is 14.0. The SMILES string of the molecule is N#CC1(CC(=O)C2(NC(=O)c3cc4ccc(-c5ccc6c(c5)OCCS(=O)(=O)C6)cc4o3)CCC(F)(F)CC2)CC1. The topological polar surface area (TPSA) is 126 Å². The molecule has 3 aliphatic rings. The van der Waals surface area contributed by atoms with E-state index in [0.29, 0.717) is 35.1 Å². The van der Waals surface area contributed by atoms with Gasteiger partial charge in [-0.1, -0.05) is 24.3 Å². The van der Waals surface area contributed by atoms with Crippen molar-refractivity contribution in [3.8, 4) is 22.9 Å². The van der Waals surface area contributed by atoms with Crippen molar-refractivity contribution in [3.05, 3.63) is 53.8 Å². The van der Waals surface area contributed by atoms with Crippen LogP contribution in [0.4, 0.5) is 8.78 Å². The van der Waals surface area contributed by atoms with Gasteiger partial charge in [0.05, 0.1) is 28.5 Å². The van der Waals surface area contributed by atoms with Gasteiger partial charge < -0.3 is 14.5 Å². The Morgan fingerprint density at radius 1 is 0.976 bits per heavy atom. The van der Waals surface area contributed by atoms with Gasteiger partial charge >= 0.3 is 0 Å². The third kappa shape index (κ3) is 5.45. The van der Waals surface area contributed by atoms with Crippen LogP contribution in [0, 0.1) is 16.7 Å². The van der Waals surface area contributed by atoms with Crippen molar-refractivity contribution in [3.63, 3.8) is 0 Å². The molecular weight excluding hydrogens is 554 g/mol. The smallest absolute Gasteiger partial charge is 0.287 e. The average molecular weight is 583 g/mol. The molecule has 1 amide bonds. The fourth-order valence-electron chi connectivity index (χ4n) is 5.65. The molecule has 2 aromatic carbocycles. The number of benzene rings is 2. The number of amides is 1. The van der Waals surface area contributed by atoms with Gasteiger partial charge in [-0.15, -0.1) is 0 Å². The number of Topliss-reactive ketones (excluding diaryl/α,β-unsaturated/α-hetero) is 1. The van der Waals surface area contributed by atoms with Crippen molar-refractivity contribution in [2.24, 2.45) is 5.41 Å². The number of sulfone groups is 1. The summed E-state index contributed by atoms with van der Waals surface area (Å²) in [6.45, 7) is 0.0770. The summed E-state index contributed by atoms with van der Waals surface area (Å²) in [5.41, 5.74) is 0.277. The predicted octanol–water partition coefficient (Wildman–Crippen LogP) is 5.35. The number of carbonyl (C=O) groups excluding carboxylic acids is 2. The number of hydrogen-bond donors (Lipinski definition) is 1. The van der Waals surface area contributed by atoms with E-state index < -0.39 is 51.2 Å². The number of alkyl halides is 2. The van der Waals surface area contributed by atoms with Crippen LogP contribution in [-0.2, 0) is 20.4 Å². The van der Waals surface area contributed by atoms with Crippen molar-refractivity contribution in [2.75, 3.05) is 12.4 Å². The first-order chi connectivity index (χ1) is 19.4. The molecule has 0 bridgehead atoms. The van der Waals surface area contributed by atoms with Crippen molar-refractivity contribution in [2.45, 2.75) is 62.2 Å². The number of furan rings is 1. The second-order valence-corrected chi connectivity index (χ2v) is 13.7. The van der Waals surface area contributed by atoms with Crippen LogP contribution in [0.15, 0.2) is 46.9 Å². The van der Waals surface area contributed by atoms with Crippen LogP contribution < -0.4 is 10.1 Å². The molecule has 2 heterocycles. The quantitative estimate of drug-likeness (QED) is 0.415. The van der Waals surface area contributed by atoms with E-state index in [2.05, 4.69) is 11.4 Å². The second-order valence-electron chi connectivity index (χ2n) is 11.5. The molecule has 0 saturated heterocycles. The number of nitriles is 1. The average Bonchev–Trinajstić information content (AvgIpc) is 3.60. The summed E-state index contributed by atoms with van der Waals surface area (Å²) in [7, 11) is -3.23. The van der Waals surface area contributed by atoms with Gasteiger partial charge in [-0.25, -0.2) is 17.2 Å². The first-order valence-corrected chi connectivity index (χ1v) is 15.4. The Bertz CT molecular complexity index is 1710. The van der Waals surface area contributed by atoms with E-state index >= 15 is 0 Å². The lowest BCUT2D eigenvalue weighted by Crippen LogP contribution is -2.58. The van der Waals surface area contributed by atoms with Gasteiger partial charge in [-0.2, -0.15) is 5.26 Å². The Morgan fingerprint density at radius 3 is 2.39 bits per heavy atom. The number of nitrogens with zero attached hydrogens (tertiary/aromatic N) is 1. The molecule has 0 atom stereocenters. The molecule has 1 aromatic heterocycles. The van der Waals surface area contributed by atoms with Crippen LogP contribution in [0.1, 0.15) is 61.1 Å². The summed E-state index contributed by atoms with van der Waals surface area (Å²) in [5, 5.41) is 12.8. The largest absolute Gasteiger partial charge is 0.492 e. The number of fused-ring (bicyclic) bond motifs is 2. The van der Waals surface area contributed by atoms with Gasteiger partial charge in [0.1, 0.15) is 17.9 Å². The number of carbonyl (C=O) groups is 2. The minimum atomic E-state index is -3.23. The maximum atomic E-state index is 14.0. The molecule has 2 saturated carbocycles. The van der Waals surface area contributed by atoms with Crippen molar-refractivity contribution in [1.29, 1.82) is 5.26 Å². The van der Waals surface area contributed by atoms with Gasteiger partial charge in [-0.05, 0) is 55.0 Å². The third-order valence-electron chi connectivity index (χ3n) is 8.48. The lowest BCUT2D eigenvalue weighted by Gasteiger charge is -2.39. The highest BCUT2D eigenvalue weighted by molar-refractivity contribution is 7.90. The summed E-state index contributed by atoms with van der Waals surface area (Å²) in [5.74, 6) is -3.67. The van der Waals surface area contributed by atoms with Crippen molar-refractivity contribution >= 4 is 32.5 Å². The highest BCUT2D eigenvalue weighted by Crippen LogP contribution is 2.50. The number of nitrogens with one attached hydrogen (secondary N) is 1. The Labute approximate surface area is 235 Å². The number of rotatable bonds is 6. The summed E-state index contributed by atoms with van der Waals surface area (Å²) >= 11 is 0.